The van der Waals surface area contributed by atoms with Crippen molar-refractivity contribution in [2.45, 2.75) is 58.0 Å². The van der Waals surface area contributed by atoms with Crippen LogP contribution in [0, 0.1) is 6.92 Å². The molecule has 1 aliphatic heterocycles. The number of para-hydroxylation sites is 1. The smallest absolute Gasteiger partial charge is 0.256 e. The molecule has 0 saturated carbocycles. The number of nitrogens with one attached hydrogen (secondary N) is 3. The van der Waals surface area contributed by atoms with Gasteiger partial charge in [-0.1, -0.05) is 41.6 Å². The van der Waals surface area contributed by atoms with Crippen molar-refractivity contribution in [3.8, 4) is 11.5 Å². The van der Waals surface area contributed by atoms with Crippen molar-refractivity contribution >= 4 is 23.5 Å². The lowest BCUT2D eigenvalue weighted by Crippen LogP contribution is -2.50. The molecule has 1 aliphatic carbocycles. The van der Waals surface area contributed by atoms with Crippen molar-refractivity contribution in [3.63, 3.8) is 0 Å². The molecule has 2 aromatic heterocycles. The third kappa shape index (κ3) is 7.66. The largest absolute Gasteiger partial charge is 0.493 e. The number of Topliss-reactive ketones (excluding diaryl/α,β-unsaturated/α-hetero) is 1. The number of methoxy groups -OCH3 is 1. The quantitative estimate of drug-likeness (QED) is 0.299. The van der Waals surface area contributed by atoms with Crippen LogP contribution in [0.5, 0.6) is 11.5 Å². The van der Waals surface area contributed by atoms with Gasteiger partial charge >= 0.3 is 0 Å². The zero-order valence-corrected chi connectivity index (χ0v) is 27.8. The molecule has 3 heterocycles. The predicted molar refractivity (Wildman–Crippen MR) is 180 cm³/mol. The van der Waals surface area contributed by atoms with Gasteiger partial charge in [0.05, 0.1) is 36.1 Å². The molecule has 2 bridgehead atoms. The van der Waals surface area contributed by atoms with Crippen LogP contribution in [0.4, 0.5) is 0 Å². The van der Waals surface area contributed by atoms with Gasteiger partial charge in [0.2, 0.25) is 5.91 Å². The number of fused-ring (bicyclic) bond motifs is 4. The number of ketones is 1. The molecule has 2 aromatic carbocycles. The number of rotatable bonds is 4. The number of benzene rings is 2. The van der Waals surface area contributed by atoms with Crippen LogP contribution in [0.1, 0.15) is 73.0 Å². The minimum absolute atomic E-state index is 0.0369. The van der Waals surface area contributed by atoms with Crippen LogP contribution < -0.4 is 20.1 Å². The van der Waals surface area contributed by atoms with Crippen molar-refractivity contribution in [2.24, 2.45) is 0 Å². The molecular formula is C36H41N7O6. The van der Waals surface area contributed by atoms with E-state index in [4.69, 9.17) is 9.47 Å². The summed E-state index contributed by atoms with van der Waals surface area (Å²) in [4.78, 5) is 59.5. The predicted octanol–water partition coefficient (Wildman–Crippen LogP) is 3.07. The average Bonchev–Trinajstić information content (AvgIpc) is 3.71. The highest BCUT2D eigenvalue weighted by molar-refractivity contribution is 6.10. The molecule has 3 amide bonds. The summed E-state index contributed by atoms with van der Waals surface area (Å²) in [7, 11) is 1.51. The summed E-state index contributed by atoms with van der Waals surface area (Å²) in [5.74, 6) is -0.525. The van der Waals surface area contributed by atoms with Gasteiger partial charge in [-0.15, -0.1) is 5.10 Å². The standard InChI is InChI=1S/C36H41N7O6/c1-23-31(32-27(38-23)12-7-13-29(32)44)36(47)42-18-15-25-22-43(41-40-25)17-8-20-49-33-26(11-6-14-30(33)48-2)34(45)39-28(35(46)37-16-19-42)21-24-9-4-3-5-10-24/h3-6,9-11,14,22,28,38H,7-8,12-13,15-21H2,1-2H3,(H,37,46)(H,39,45)/t28-/m0/s1. The van der Waals surface area contributed by atoms with Crippen molar-refractivity contribution in [1.82, 2.24) is 35.5 Å². The van der Waals surface area contributed by atoms with E-state index in [0.29, 0.717) is 67.0 Å². The first-order valence-electron chi connectivity index (χ1n) is 16.7. The molecule has 1 atom stereocenters. The molecule has 256 valence electrons. The molecule has 2 aliphatic rings. The number of aromatic nitrogens is 4. The van der Waals surface area contributed by atoms with Crippen LogP contribution in [0.15, 0.2) is 54.7 Å². The van der Waals surface area contributed by atoms with Gasteiger partial charge < -0.3 is 30.0 Å². The monoisotopic (exact) mass is 667 g/mol. The number of hydrogen-bond donors (Lipinski definition) is 3. The maximum absolute atomic E-state index is 14.1. The highest BCUT2D eigenvalue weighted by Gasteiger charge is 2.31. The molecule has 49 heavy (non-hydrogen) atoms. The van der Waals surface area contributed by atoms with E-state index in [-0.39, 0.29) is 49.1 Å². The number of hydrogen-bond acceptors (Lipinski definition) is 8. The van der Waals surface area contributed by atoms with Crippen LogP contribution in [-0.4, -0.2) is 87.8 Å². The van der Waals surface area contributed by atoms with Gasteiger partial charge in [-0.05, 0) is 37.5 Å². The lowest BCUT2D eigenvalue weighted by molar-refractivity contribution is -0.123. The molecule has 0 spiro atoms. The van der Waals surface area contributed by atoms with Crippen LogP contribution in [0.25, 0.3) is 0 Å². The van der Waals surface area contributed by atoms with Gasteiger partial charge in [-0.2, -0.15) is 0 Å². The summed E-state index contributed by atoms with van der Waals surface area (Å²) in [6.45, 7) is 3.18. The highest BCUT2D eigenvalue weighted by atomic mass is 16.5. The Kier molecular flexibility index (Phi) is 10.4. The summed E-state index contributed by atoms with van der Waals surface area (Å²) in [6, 6.07) is 13.5. The minimum atomic E-state index is -0.925. The van der Waals surface area contributed by atoms with E-state index in [1.807, 2.05) is 43.5 Å². The molecule has 13 heteroatoms. The van der Waals surface area contributed by atoms with E-state index < -0.39 is 17.9 Å². The topological polar surface area (TPSA) is 161 Å². The van der Waals surface area contributed by atoms with E-state index in [9.17, 15) is 19.2 Å². The molecular weight excluding hydrogens is 626 g/mol. The number of H-pyrrole nitrogens is 1. The Morgan fingerprint density at radius 1 is 1.00 bits per heavy atom. The first kappa shape index (κ1) is 33.4. The Hall–Kier alpha value is -5.46. The summed E-state index contributed by atoms with van der Waals surface area (Å²) in [6.07, 6.45) is 4.93. The summed E-state index contributed by atoms with van der Waals surface area (Å²) in [5.41, 5.74) is 4.12. The lowest BCUT2D eigenvalue weighted by Gasteiger charge is -2.25. The highest BCUT2D eigenvalue weighted by Crippen LogP contribution is 2.32. The Bertz CT molecular complexity index is 1830. The zero-order chi connectivity index (χ0) is 34.3. The van der Waals surface area contributed by atoms with Crippen molar-refractivity contribution in [2.75, 3.05) is 33.4 Å². The van der Waals surface area contributed by atoms with Gasteiger partial charge in [0, 0.05) is 69.4 Å². The van der Waals surface area contributed by atoms with Gasteiger partial charge in [-0.3, -0.25) is 23.9 Å². The molecule has 13 nitrogen and oxygen atoms in total. The fraction of sp³-hybridized carbons (Fsp3) is 0.389. The molecule has 0 radical (unpaired) electrons. The SMILES string of the molecule is COc1cccc2c1OCCCn1cc(nn1)CCN(C(=O)c1c(C)[nH]c3c1C(=O)CCC3)CCNC(=O)[C@H](Cc1ccccc1)NC2=O. The van der Waals surface area contributed by atoms with Gasteiger partial charge in [0.25, 0.3) is 11.8 Å². The number of aryl methyl sites for hydroxylation is 3. The van der Waals surface area contributed by atoms with Crippen LogP contribution in [0.3, 0.4) is 0 Å². The van der Waals surface area contributed by atoms with Crippen molar-refractivity contribution < 1.29 is 28.7 Å². The third-order valence-corrected chi connectivity index (χ3v) is 8.91. The lowest BCUT2D eigenvalue weighted by atomic mass is 9.92. The number of aromatic amines is 1. The fourth-order valence-electron chi connectivity index (χ4n) is 6.43. The van der Waals surface area contributed by atoms with Crippen LogP contribution >= 0.6 is 0 Å². The molecule has 6 rings (SSSR count). The maximum atomic E-state index is 14.1. The first-order chi connectivity index (χ1) is 23.8. The Morgan fingerprint density at radius 3 is 2.65 bits per heavy atom. The molecule has 3 N–H and O–H groups in total. The molecule has 0 saturated heterocycles. The normalized spacial score (nSPS) is 17.7. The fourth-order valence-corrected chi connectivity index (χ4v) is 6.43. The summed E-state index contributed by atoms with van der Waals surface area (Å²) in [5, 5.41) is 14.4. The van der Waals surface area contributed by atoms with E-state index in [1.54, 1.807) is 27.8 Å². The van der Waals surface area contributed by atoms with Crippen LogP contribution in [0.2, 0.25) is 0 Å². The second kappa shape index (κ2) is 15.2. The molecule has 0 unspecified atom stereocenters. The number of carbonyl (C=O) groups is 4. The van der Waals surface area contributed by atoms with Crippen molar-refractivity contribution in [3.05, 3.63) is 94.1 Å². The third-order valence-electron chi connectivity index (χ3n) is 8.91. The minimum Gasteiger partial charge on any atom is -0.493 e. The van der Waals surface area contributed by atoms with E-state index in [2.05, 4.69) is 25.9 Å². The Balaban J connectivity index is 1.29. The van der Waals surface area contributed by atoms with E-state index in [1.165, 1.54) is 7.11 Å². The number of ether oxygens (including phenoxy) is 2. The summed E-state index contributed by atoms with van der Waals surface area (Å²) < 4.78 is 13.3. The molecule has 4 aromatic rings. The average molecular weight is 668 g/mol. The second-order valence-corrected chi connectivity index (χ2v) is 12.3. The van der Waals surface area contributed by atoms with Gasteiger partial charge in [0.15, 0.2) is 17.3 Å². The van der Waals surface area contributed by atoms with Crippen molar-refractivity contribution in [1.29, 1.82) is 0 Å². The number of nitrogens with zero attached hydrogens (tertiary/aromatic N) is 4. The van der Waals surface area contributed by atoms with Gasteiger partial charge in [-0.25, -0.2) is 0 Å². The van der Waals surface area contributed by atoms with Gasteiger partial charge in [0.1, 0.15) is 6.04 Å². The zero-order valence-electron chi connectivity index (χ0n) is 27.8. The van der Waals surface area contributed by atoms with E-state index >= 15 is 0 Å². The first-order valence-corrected chi connectivity index (χ1v) is 16.7. The maximum Gasteiger partial charge on any atom is 0.256 e. The Labute approximate surface area is 284 Å². The van der Waals surface area contributed by atoms with Crippen LogP contribution in [-0.2, 0) is 30.6 Å². The Morgan fingerprint density at radius 2 is 1.84 bits per heavy atom. The number of carbonyl (C=O) groups excluding carboxylic acids is 4. The number of amides is 3. The summed E-state index contributed by atoms with van der Waals surface area (Å²) >= 11 is 0. The van der Waals surface area contributed by atoms with E-state index in [0.717, 1.165) is 17.7 Å². The second-order valence-electron chi connectivity index (χ2n) is 12.3. The molecule has 0 fully saturated rings.